The predicted octanol–water partition coefficient (Wildman–Crippen LogP) is 4.39. The fourth-order valence-corrected chi connectivity index (χ4v) is 2.76. The van der Waals surface area contributed by atoms with Crippen LogP contribution in [0, 0.1) is 22.7 Å². The molecule has 1 unspecified atom stereocenters. The van der Waals surface area contributed by atoms with Gasteiger partial charge in [0.05, 0.1) is 11.6 Å². The molecule has 22 heavy (non-hydrogen) atoms. The molecule has 1 aromatic carbocycles. The second-order valence-corrected chi connectivity index (χ2v) is 6.55. The summed E-state index contributed by atoms with van der Waals surface area (Å²) in [6.45, 7) is 10.1. The van der Waals surface area contributed by atoms with Crippen LogP contribution in [-0.4, -0.2) is 5.91 Å². The third-order valence-electron chi connectivity index (χ3n) is 4.98. The highest BCUT2D eigenvalue weighted by Gasteiger charge is 2.38. The van der Waals surface area contributed by atoms with Gasteiger partial charge in [0.15, 0.2) is 0 Å². The first-order valence-electron chi connectivity index (χ1n) is 8.14. The molecule has 3 nitrogen and oxygen atoms in total. The van der Waals surface area contributed by atoms with E-state index in [2.05, 4.69) is 25.2 Å². The van der Waals surface area contributed by atoms with Crippen LogP contribution in [0.5, 0.6) is 0 Å². The summed E-state index contributed by atoms with van der Waals surface area (Å²) in [6, 6.07) is 12.2. The van der Waals surface area contributed by atoms with Crippen molar-refractivity contribution in [3.8, 4) is 6.07 Å². The fourth-order valence-electron chi connectivity index (χ4n) is 2.76. The third-order valence-corrected chi connectivity index (χ3v) is 4.98. The topological polar surface area (TPSA) is 52.9 Å². The lowest BCUT2D eigenvalue weighted by Crippen LogP contribution is -2.49. The molecule has 1 amide bonds. The molecule has 1 rings (SSSR count). The van der Waals surface area contributed by atoms with Crippen molar-refractivity contribution in [2.45, 2.75) is 59.4 Å². The monoisotopic (exact) mass is 300 g/mol. The number of amides is 1. The summed E-state index contributed by atoms with van der Waals surface area (Å²) in [5.74, 6) is -0.805. The van der Waals surface area contributed by atoms with Gasteiger partial charge in [-0.2, -0.15) is 5.26 Å². The highest BCUT2D eigenvalue weighted by Crippen LogP contribution is 2.33. The van der Waals surface area contributed by atoms with E-state index in [0.717, 1.165) is 24.8 Å². The van der Waals surface area contributed by atoms with Crippen LogP contribution in [-0.2, 0) is 10.3 Å². The first-order valence-corrected chi connectivity index (χ1v) is 8.14. The first-order chi connectivity index (χ1) is 10.4. The molecule has 1 aromatic rings. The largest absolute Gasteiger partial charge is 0.345 e. The van der Waals surface area contributed by atoms with Gasteiger partial charge in [0.25, 0.3) is 0 Å². The number of hydrogen-bond donors (Lipinski definition) is 1. The Bertz CT molecular complexity index is 524. The number of benzene rings is 1. The SMILES string of the molecule is CCC(CC)(NC(=O)C(C#N)C(C)(C)CC)c1ccccc1. The lowest BCUT2D eigenvalue weighted by molar-refractivity contribution is -0.128. The minimum absolute atomic E-state index is 0.165. The maximum absolute atomic E-state index is 12.8. The minimum Gasteiger partial charge on any atom is -0.345 e. The maximum atomic E-state index is 12.8. The van der Waals surface area contributed by atoms with Gasteiger partial charge in [0.1, 0.15) is 5.92 Å². The zero-order chi connectivity index (χ0) is 16.8. The summed E-state index contributed by atoms with van der Waals surface area (Å²) in [5.41, 5.74) is 0.361. The van der Waals surface area contributed by atoms with Gasteiger partial charge in [-0.25, -0.2) is 0 Å². The number of carbonyl (C=O) groups excluding carboxylic acids is 1. The number of nitrogens with zero attached hydrogens (tertiary/aromatic N) is 1. The van der Waals surface area contributed by atoms with Crippen molar-refractivity contribution in [3.05, 3.63) is 35.9 Å². The molecule has 0 aliphatic rings. The second-order valence-electron chi connectivity index (χ2n) is 6.55. The number of hydrogen-bond acceptors (Lipinski definition) is 2. The Balaban J connectivity index is 3.11. The highest BCUT2D eigenvalue weighted by molar-refractivity contribution is 5.82. The molecule has 1 N–H and O–H groups in total. The zero-order valence-electron chi connectivity index (χ0n) is 14.4. The predicted molar refractivity (Wildman–Crippen MR) is 90.0 cm³/mol. The summed E-state index contributed by atoms with van der Waals surface area (Å²) < 4.78 is 0. The molecule has 0 aliphatic carbocycles. The van der Waals surface area contributed by atoms with Crippen LogP contribution in [0.15, 0.2) is 30.3 Å². The van der Waals surface area contributed by atoms with Gasteiger partial charge in [-0.3, -0.25) is 4.79 Å². The van der Waals surface area contributed by atoms with E-state index in [1.165, 1.54) is 0 Å². The Morgan fingerprint density at radius 2 is 1.68 bits per heavy atom. The van der Waals surface area contributed by atoms with Crippen LogP contribution in [0.3, 0.4) is 0 Å². The van der Waals surface area contributed by atoms with Gasteiger partial charge in [0, 0.05) is 0 Å². The quantitative estimate of drug-likeness (QED) is 0.811. The van der Waals surface area contributed by atoms with Crippen LogP contribution in [0.2, 0.25) is 0 Å². The molecule has 0 fully saturated rings. The lowest BCUT2D eigenvalue weighted by atomic mass is 9.76. The highest BCUT2D eigenvalue weighted by atomic mass is 16.2. The third kappa shape index (κ3) is 3.68. The molecule has 3 heteroatoms. The summed E-state index contributed by atoms with van der Waals surface area (Å²) in [6.07, 6.45) is 2.38. The smallest absolute Gasteiger partial charge is 0.238 e. The molecule has 1 atom stereocenters. The van der Waals surface area contributed by atoms with Crippen molar-refractivity contribution in [3.63, 3.8) is 0 Å². The van der Waals surface area contributed by atoms with Gasteiger partial charge < -0.3 is 5.32 Å². The van der Waals surface area contributed by atoms with E-state index in [9.17, 15) is 10.1 Å². The molecule has 0 aliphatic heterocycles. The van der Waals surface area contributed by atoms with Gasteiger partial charge >= 0.3 is 0 Å². The number of rotatable bonds is 7. The van der Waals surface area contributed by atoms with E-state index in [0.29, 0.717) is 0 Å². The van der Waals surface area contributed by atoms with Crippen molar-refractivity contribution in [1.29, 1.82) is 5.26 Å². The normalized spacial score (nSPS) is 13.3. The maximum Gasteiger partial charge on any atom is 0.238 e. The summed E-state index contributed by atoms with van der Waals surface area (Å²) in [7, 11) is 0. The van der Waals surface area contributed by atoms with Gasteiger partial charge in [-0.05, 0) is 30.2 Å². The van der Waals surface area contributed by atoms with Gasteiger partial charge in [-0.1, -0.05) is 65.0 Å². The number of carbonyl (C=O) groups is 1. The summed E-state index contributed by atoms with van der Waals surface area (Å²) >= 11 is 0. The van der Waals surface area contributed by atoms with Crippen molar-refractivity contribution < 1.29 is 4.79 Å². The summed E-state index contributed by atoms with van der Waals surface area (Å²) in [4.78, 5) is 12.8. The average molecular weight is 300 g/mol. The van der Waals surface area contributed by atoms with Crippen molar-refractivity contribution in [2.75, 3.05) is 0 Å². The van der Waals surface area contributed by atoms with Crippen LogP contribution in [0.25, 0.3) is 0 Å². The van der Waals surface area contributed by atoms with Crippen molar-refractivity contribution in [1.82, 2.24) is 5.32 Å². The number of nitrogens with one attached hydrogen (secondary N) is 1. The molecule has 0 aromatic heterocycles. The molecule has 0 spiro atoms. The molecule has 0 saturated heterocycles. The van der Waals surface area contributed by atoms with Crippen molar-refractivity contribution >= 4 is 5.91 Å². The van der Waals surface area contributed by atoms with E-state index >= 15 is 0 Å². The molecular formula is C19H28N2O. The molecule has 0 bridgehead atoms. The average Bonchev–Trinajstić information content (AvgIpc) is 2.54. The molecule has 0 radical (unpaired) electrons. The Kier molecular flexibility index (Phi) is 6.17. The van der Waals surface area contributed by atoms with Gasteiger partial charge in [0.2, 0.25) is 5.91 Å². The fraction of sp³-hybridized carbons (Fsp3) is 0.579. The van der Waals surface area contributed by atoms with Crippen LogP contribution < -0.4 is 5.32 Å². The van der Waals surface area contributed by atoms with E-state index in [-0.39, 0.29) is 11.3 Å². The van der Waals surface area contributed by atoms with Gasteiger partial charge in [-0.15, -0.1) is 0 Å². The molecule has 0 saturated carbocycles. The Morgan fingerprint density at radius 1 is 1.14 bits per heavy atom. The molecular weight excluding hydrogens is 272 g/mol. The Hall–Kier alpha value is -1.82. The van der Waals surface area contributed by atoms with Crippen LogP contribution in [0.1, 0.15) is 59.4 Å². The Morgan fingerprint density at radius 3 is 2.09 bits per heavy atom. The number of nitriles is 1. The standard InChI is InChI=1S/C19H28N2O/c1-6-18(4,5)16(14-20)17(22)21-19(7-2,8-3)15-12-10-9-11-13-15/h9-13,16H,6-8H2,1-5H3,(H,21,22). The van der Waals surface area contributed by atoms with Crippen LogP contribution >= 0.6 is 0 Å². The van der Waals surface area contributed by atoms with E-state index in [1.54, 1.807) is 0 Å². The first kappa shape index (κ1) is 18.2. The minimum atomic E-state index is -0.640. The molecule has 120 valence electrons. The zero-order valence-corrected chi connectivity index (χ0v) is 14.4. The lowest BCUT2D eigenvalue weighted by Gasteiger charge is -2.36. The van der Waals surface area contributed by atoms with E-state index in [4.69, 9.17) is 0 Å². The second kappa shape index (κ2) is 7.45. The van der Waals surface area contributed by atoms with E-state index in [1.807, 2.05) is 51.1 Å². The summed E-state index contributed by atoms with van der Waals surface area (Å²) in [5, 5.41) is 12.6. The Labute approximate surface area is 134 Å². The van der Waals surface area contributed by atoms with E-state index < -0.39 is 11.5 Å². The molecule has 0 heterocycles. The van der Waals surface area contributed by atoms with Crippen molar-refractivity contribution in [2.24, 2.45) is 11.3 Å². The van der Waals surface area contributed by atoms with Crippen LogP contribution in [0.4, 0.5) is 0 Å².